The molecule has 1 amide bonds. The normalized spacial score (nSPS) is 19.8. The van der Waals surface area contributed by atoms with Crippen LogP contribution in [-0.2, 0) is 27.9 Å². The van der Waals surface area contributed by atoms with Gasteiger partial charge in [-0.2, -0.15) is 0 Å². The lowest BCUT2D eigenvalue weighted by Crippen LogP contribution is -2.55. The topological polar surface area (TPSA) is 133 Å². The van der Waals surface area contributed by atoms with E-state index in [-0.39, 0.29) is 43.2 Å². The van der Waals surface area contributed by atoms with Gasteiger partial charge < -0.3 is 29.7 Å². The number of aryl methyl sites for hydroxylation is 1. The van der Waals surface area contributed by atoms with Gasteiger partial charge in [0.1, 0.15) is 6.10 Å². The van der Waals surface area contributed by atoms with E-state index in [4.69, 9.17) is 19.5 Å². The van der Waals surface area contributed by atoms with Crippen LogP contribution in [0.2, 0.25) is 0 Å². The zero-order valence-corrected chi connectivity index (χ0v) is 32.1. The van der Waals surface area contributed by atoms with Gasteiger partial charge in [-0.3, -0.25) is 14.2 Å². The second kappa shape index (κ2) is 15.2. The van der Waals surface area contributed by atoms with Crippen LogP contribution in [0.15, 0.2) is 29.8 Å². The molecule has 0 radical (unpaired) electrons. The summed E-state index contributed by atoms with van der Waals surface area (Å²) >= 11 is 1.63. The van der Waals surface area contributed by atoms with Crippen molar-refractivity contribution in [2.75, 3.05) is 12.7 Å². The van der Waals surface area contributed by atoms with Crippen molar-refractivity contribution in [2.24, 2.45) is 11.1 Å². The van der Waals surface area contributed by atoms with Gasteiger partial charge in [-0.1, -0.05) is 45.0 Å². The summed E-state index contributed by atoms with van der Waals surface area (Å²) in [6, 6.07) is 7.34. The van der Waals surface area contributed by atoms with Crippen molar-refractivity contribution in [3.05, 3.63) is 41.0 Å². The first-order valence-electron chi connectivity index (χ1n) is 16.5. The number of amides is 1. The summed E-state index contributed by atoms with van der Waals surface area (Å²) in [5.74, 6) is -0.683. The molecule has 1 aromatic carbocycles. The average Bonchev–Trinajstić information content (AvgIpc) is 3.54. The molecule has 2 heterocycles. The molecule has 1 saturated heterocycles. The van der Waals surface area contributed by atoms with Crippen LogP contribution < -0.4 is 11.1 Å². The van der Waals surface area contributed by atoms with E-state index < -0.39 is 42.3 Å². The summed E-state index contributed by atoms with van der Waals surface area (Å²) in [6.07, 6.45) is -0.322. The lowest BCUT2D eigenvalue weighted by Gasteiger charge is -2.36. The Hall–Kier alpha value is -2.14. The Morgan fingerprint density at radius 2 is 1.62 bits per heavy atom. The maximum Gasteiger partial charge on any atom is 0.332 e. The molecular formula is C35H57N4O6PS. The van der Waals surface area contributed by atoms with Gasteiger partial charge >= 0.3 is 13.6 Å². The molecule has 0 aliphatic carbocycles. The summed E-state index contributed by atoms with van der Waals surface area (Å²) in [5, 5.41) is 3.67. The Labute approximate surface area is 286 Å². The number of nitrogens with zero attached hydrogens (tertiary/aromatic N) is 2. The van der Waals surface area contributed by atoms with Crippen LogP contribution in [-0.4, -0.2) is 69.9 Å². The van der Waals surface area contributed by atoms with E-state index in [0.29, 0.717) is 6.42 Å². The molecule has 0 bridgehead atoms. The van der Waals surface area contributed by atoms with E-state index in [0.717, 1.165) is 21.7 Å². The predicted molar refractivity (Wildman–Crippen MR) is 189 cm³/mol. The number of hydrogen-bond donors (Lipinski definition) is 2. The predicted octanol–water partition coefficient (Wildman–Crippen LogP) is 7.26. The van der Waals surface area contributed by atoms with Gasteiger partial charge in [0, 0.05) is 18.5 Å². The minimum absolute atomic E-state index is 0.00349. The van der Waals surface area contributed by atoms with Crippen LogP contribution in [0.5, 0.6) is 0 Å². The Bertz CT molecular complexity index is 1390. The highest BCUT2D eigenvalue weighted by atomic mass is 32.1. The van der Waals surface area contributed by atoms with Crippen molar-refractivity contribution in [2.45, 2.75) is 137 Å². The van der Waals surface area contributed by atoms with Crippen molar-refractivity contribution in [3.63, 3.8) is 0 Å². The second-order valence-electron chi connectivity index (χ2n) is 15.8. The summed E-state index contributed by atoms with van der Waals surface area (Å²) in [4.78, 5) is 34.2. The molecule has 12 heteroatoms. The number of rotatable bonds is 12. The summed E-state index contributed by atoms with van der Waals surface area (Å²) in [6.45, 7) is 23.0. The van der Waals surface area contributed by atoms with Gasteiger partial charge in [0.2, 0.25) is 5.91 Å². The third kappa shape index (κ3) is 11.5. The molecule has 47 heavy (non-hydrogen) atoms. The van der Waals surface area contributed by atoms with Crippen molar-refractivity contribution in [1.29, 1.82) is 0 Å². The molecule has 3 rings (SSSR count). The van der Waals surface area contributed by atoms with Crippen LogP contribution in [0.4, 0.5) is 0 Å². The van der Waals surface area contributed by atoms with Crippen LogP contribution >= 0.6 is 18.9 Å². The Kier molecular flexibility index (Phi) is 12.7. The third-order valence-corrected chi connectivity index (χ3v) is 11.4. The lowest BCUT2D eigenvalue weighted by molar-refractivity contribution is -0.149. The number of carbonyl (C=O) groups is 2. The average molecular weight is 693 g/mol. The van der Waals surface area contributed by atoms with E-state index in [2.05, 4.69) is 41.5 Å². The molecule has 0 saturated carbocycles. The van der Waals surface area contributed by atoms with E-state index in [9.17, 15) is 14.2 Å². The number of hydrogen-bond acceptors (Lipinski definition) is 10. The number of nitrogens with one attached hydrogen (secondary N) is 1. The molecule has 1 aliphatic rings. The third-order valence-electron chi connectivity index (χ3n) is 8.01. The first-order chi connectivity index (χ1) is 21.5. The molecule has 2 unspecified atom stereocenters. The summed E-state index contributed by atoms with van der Waals surface area (Å²) < 4.78 is 31.2. The fraction of sp³-hybridized carbons (Fsp3) is 0.686. The number of likely N-dealkylation sites (tertiary alicyclic amines) is 1. The maximum atomic E-state index is 13.8. The zero-order chi connectivity index (χ0) is 35.5. The molecule has 5 atom stereocenters. The van der Waals surface area contributed by atoms with Gasteiger partial charge in [-0.25, -0.2) is 4.98 Å². The molecule has 0 spiro atoms. The smallest absolute Gasteiger partial charge is 0.332 e. The lowest BCUT2D eigenvalue weighted by atomic mass is 9.86. The second-order valence-corrected chi connectivity index (χ2v) is 18.7. The fourth-order valence-corrected chi connectivity index (χ4v) is 8.87. The van der Waals surface area contributed by atoms with Crippen LogP contribution in [0.1, 0.15) is 106 Å². The highest BCUT2D eigenvalue weighted by Crippen LogP contribution is 2.54. The summed E-state index contributed by atoms with van der Waals surface area (Å²) in [7, 11) is -3.61. The Morgan fingerprint density at radius 3 is 2.11 bits per heavy atom. The molecule has 1 aliphatic heterocycles. The largest absolute Gasteiger partial charge is 0.460 e. The van der Waals surface area contributed by atoms with Crippen LogP contribution in [0.3, 0.4) is 0 Å². The number of aromatic nitrogens is 1. The van der Waals surface area contributed by atoms with E-state index in [1.54, 1.807) is 57.8 Å². The molecule has 10 nitrogen and oxygen atoms in total. The molecule has 1 fully saturated rings. The Balaban J connectivity index is 1.72. The molecule has 264 valence electrons. The number of carbonyl (C=O) groups excluding carboxylic acids is 2. The van der Waals surface area contributed by atoms with Crippen molar-refractivity contribution >= 4 is 30.8 Å². The van der Waals surface area contributed by atoms with Gasteiger partial charge in [0.25, 0.3) is 0 Å². The maximum absolute atomic E-state index is 13.8. The zero-order valence-electron chi connectivity index (χ0n) is 30.4. The van der Waals surface area contributed by atoms with Gasteiger partial charge in [0.15, 0.2) is 0 Å². The van der Waals surface area contributed by atoms with Crippen molar-refractivity contribution in [1.82, 2.24) is 15.2 Å². The highest BCUT2D eigenvalue weighted by Gasteiger charge is 2.44. The standard InChI is InChI=1S/C35H57N4O6PS/c1-22(25-13-15-26(16-14-25)30-24(3)37-21-47-30)38-23(2)28-19-27(20-39(28)32(41)31(36)33(4,5)6)43-29(40)17-18-46(42,44-34(7,8)9)45-35(10,11)12/h13-16,21-23,27-28,31,38H,17-20,36H2,1-12H3/t22-,23?,27+,28?,31+/m0/s1. The molecular weight excluding hydrogens is 635 g/mol. The number of thiazole rings is 1. The SMILES string of the molecule is Cc1ncsc1-c1ccc([C@H](C)NC(C)C2C[C@@H](OC(=O)CCP(=O)(OC(C)(C)C)OC(C)(C)C)CN2C(=O)[C@@H](N)C(C)(C)C)cc1. The number of esters is 1. The van der Waals surface area contributed by atoms with E-state index in [1.807, 2.05) is 40.1 Å². The van der Waals surface area contributed by atoms with Gasteiger partial charge in [-0.15, -0.1) is 11.3 Å². The van der Waals surface area contributed by atoms with Crippen LogP contribution in [0.25, 0.3) is 10.4 Å². The van der Waals surface area contributed by atoms with Gasteiger partial charge in [-0.05, 0) is 78.9 Å². The molecule has 2 aromatic rings. The molecule has 1 aromatic heterocycles. The number of ether oxygens (including phenoxy) is 1. The van der Waals surface area contributed by atoms with E-state index in [1.165, 1.54) is 0 Å². The van der Waals surface area contributed by atoms with E-state index >= 15 is 0 Å². The number of benzene rings is 1. The highest BCUT2D eigenvalue weighted by molar-refractivity contribution is 7.54. The number of nitrogens with two attached hydrogens (primary N) is 1. The van der Waals surface area contributed by atoms with Crippen molar-refractivity contribution < 1.29 is 27.9 Å². The quantitative estimate of drug-likeness (QED) is 0.174. The van der Waals surface area contributed by atoms with Crippen molar-refractivity contribution in [3.8, 4) is 10.4 Å². The monoisotopic (exact) mass is 692 g/mol. The minimum Gasteiger partial charge on any atom is -0.460 e. The first-order valence-corrected chi connectivity index (χ1v) is 19.1. The Morgan fingerprint density at radius 1 is 1.04 bits per heavy atom. The molecule has 3 N–H and O–H groups in total. The minimum atomic E-state index is -3.61. The fourth-order valence-electron chi connectivity index (χ4n) is 5.71. The van der Waals surface area contributed by atoms with Gasteiger partial charge in [0.05, 0.1) is 58.5 Å². The van der Waals surface area contributed by atoms with Crippen LogP contribution in [0, 0.1) is 12.3 Å². The summed E-state index contributed by atoms with van der Waals surface area (Å²) in [5.41, 5.74) is 9.69. The first kappa shape index (κ1) is 39.3.